The molecule has 1 aliphatic rings. The first-order valence-corrected chi connectivity index (χ1v) is 6.93. The molecule has 0 aromatic heterocycles. The van der Waals surface area contributed by atoms with Gasteiger partial charge in [0.1, 0.15) is 0 Å². The number of hydrogen-bond acceptors (Lipinski definition) is 4. The second-order valence-corrected chi connectivity index (χ2v) is 4.99. The molecule has 1 aromatic rings. The van der Waals surface area contributed by atoms with Crippen LogP contribution < -0.4 is 14.8 Å². The molecule has 106 valence electrons. The molecule has 0 fully saturated rings. The summed E-state index contributed by atoms with van der Waals surface area (Å²) in [7, 11) is 3.26. The summed E-state index contributed by atoms with van der Waals surface area (Å²) in [6.07, 6.45) is 0.937. The molecule has 19 heavy (non-hydrogen) atoms. The molecule has 0 radical (unpaired) electrons. The summed E-state index contributed by atoms with van der Waals surface area (Å²) < 4.78 is 10.7. The minimum atomic E-state index is -0.00109. The van der Waals surface area contributed by atoms with E-state index in [1.54, 1.807) is 14.2 Å². The third-order valence-electron chi connectivity index (χ3n) is 3.64. The van der Waals surface area contributed by atoms with Crippen LogP contribution in [0.1, 0.15) is 17.2 Å². The molecular weight excluding hydrogens is 266 g/mol. The van der Waals surface area contributed by atoms with Crippen LogP contribution in [0, 0.1) is 5.92 Å². The number of nitrogens with one attached hydrogen (secondary N) is 1. The Hall–Kier alpha value is -0.970. The van der Waals surface area contributed by atoms with Gasteiger partial charge in [-0.15, -0.1) is 11.6 Å². The Kier molecular flexibility index (Phi) is 4.91. The summed E-state index contributed by atoms with van der Waals surface area (Å²) in [4.78, 5) is 0. The topological polar surface area (TPSA) is 50.7 Å². The Labute approximate surface area is 118 Å². The van der Waals surface area contributed by atoms with Crippen LogP contribution in [0.5, 0.6) is 11.5 Å². The van der Waals surface area contributed by atoms with Crippen molar-refractivity contribution in [2.45, 2.75) is 12.5 Å². The normalized spacial score (nSPS) is 19.7. The Morgan fingerprint density at radius 2 is 2.05 bits per heavy atom. The first kappa shape index (κ1) is 14.4. The van der Waals surface area contributed by atoms with Gasteiger partial charge in [-0.05, 0) is 36.2 Å². The van der Waals surface area contributed by atoms with Crippen molar-refractivity contribution >= 4 is 11.6 Å². The summed E-state index contributed by atoms with van der Waals surface area (Å²) in [6.45, 7) is 0.940. The zero-order valence-corrected chi connectivity index (χ0v) is 12.0. The minimum Gasteiger partial charge on any atom is -0.493 e. The van der Waals surface area contributed by atoms with Crippen molar-refractivity contribution < 1.29 is 14.6 Å². The van der Waals surface area contributed by atoms with E-state index < -0.39 is 0 Å². The number of rotatable bonds is 5. The maximum atomic E-state index is 9.45. The van der Waals surface area contributed by atoms with E-state index >= 15 is 0 Å². The number of hydrogen-bond donors (Lipinski definition) is 2. The lowest BCUT2D eigenvalue weighted by atomic mass is 9.87. The quantitative estimate of drug-likeness (QED) is 0.809. The van der Waals surface area contributed by atoms with Gasteiger partial charge in [0.2, 0.25) is 0 Å². The van der Waals surface area contributed by atoms with E-state index in [9.17, 15) is 5.11 Å². The molecule has 0 spiro atoms. The van der Waals surface area contributed by atoms with Crippen molar-refractivity contribution in [2.75, 3.05) is 33.3 Å². The predicted octanol–water partition coefficient (Wildman–Crippen LogP) is 1.74. The molecular formula is C14H20ClNO3. The summed E-state index contributed by atoms with van der Waals surface area (Å²) >= 11 is 5.94. The number of halogens is 1. The number of methoxy groups -OCH3 is 2. The first-order valence-electron chi connectivity index (χ1n) is 6.40. The van der Waals surface area contributed by atoms with Crippen molar-refractivity contribution in [3.63, 3.8) is 0 Å². The Morgan fingerprint density at radius 1 is 1.37 bits per heavy atom. The molecule has 1 heterocycles. The number of aliphatic hydroxyl groups is 1. The smallest absolute Gasteiger partial charge is 0.161 e. The van der Waals surface area contributed by atoms with Gasteiger partial charge in [-0.3, -0.25) is 0 Å². The van der Waals surface area contributed by atoms with E-state index in [0.29, 0.717) is 11.6 Å². The van der Waals surface area contributed by atoms with Gasteiger partial charge in [-0.1, -0.05) is 0 Å². The standard InChI is InChI=1S/C14H20ClNO3/c1-18-12-5-9-3-4-16-14(10(7-15)8-17)11(9)6-13(12)19-2/h5-6,10,14,16-17H,3-4,7-8H2,1-2H3. The van der Waals surface area contributed by atoms with Crippen molar-refractivity contribution in [1.29, 1.82) is 0 Å². The van der Waals surface area contributed by atoms with Crippen molar-refractivity contribution in [3.8, 4) is 11.5 Å². The van der Waals surface area contributed by atoms with Gasteiger partial charge in [0.05, 0.1) is 14.2 Å². The number of fused-ring (bicyclic) bond motifs is 1. The lowest BCUT2D eigenvalue weighted by molar-refractivity contribution is 0.201. The predicted molar refractivity (Wildman–Crippen MR) is 75.3 cm³/mol. The molecule has 2 rings (SSSR count). The molecule has 0 bridgehead atoms. The lowest BCUT2D eigenvalue weighted by Crippen LogP contribution is -2.37. The van der Waals surface area contributed by atoms with Crippen LogP contribution in [0.25, 0.3) is 0 Å². The van der Waals surface area contributed by atoms with Crippen molar-refractivity contribution in [2.24, 2.45) is 5.92 Å². The Balaban J connectivity index is 2.42. The first-order chi connectivity index (χ1) is 9.24. The van der Waals surface area contributed by atoms with E-state index in [-0.39, 0.29) is 18.6 Å². The summed E-state index contributed by atoms with van der Waals surface area (Å²) in [5.74, 6) is 1.87. The molecule has 2 atom stereocenters. The average Bonchev–Trinajstić information content (AvgIpc) is 2.47. The average molecular weight is 286 g/mol. The highest BCUT2D eigenvalue weighted by molar-refractivity contribution is 6.18. The van der Waals surface area contributed by atoms with Crippen LogP contribution in [0.3, 0.4) is 0 Å². The molecule has 1 aromatic carbocycles. The van der Waals surface area contributed by atoms with Crippen LogP contribution in [0.4, 0.5) is 0 Å². The SMILES string of the molecule is COc1cc2c(cc1OC)C(C(CO)CCl)NCC2. The van der Waals surface area contributed by atoms with Crippen LogP contribution in [-0.2, 0) is 6.42 Å². The van der Waals surface area contributed by atoms with E-state index in [4.69, 9.17) is 21.1 Å². The number of ether oxygens (including phenoxy) is 2. The molecule has 0 saturated carbocycles. The minimum absolute atomic E-state index is 0.00109. The largest absolute Gasteiger partial charge is 0.493 e. The lowest BCUT2D eigenvalue weighted by Gasteiger charge is -2.32. The van der Waals surface area contributed by atoms with Crippen LogP contribution in [0.2, 0.25) is 0 Å². The van der Waals surface area contributed by atoms with Crippen molar-refractivity contribution in [1.82, 2.24) is 5.32 Å². The highest BCUT2D eigenvalue weighted by atomic mass is 35.5. The van der Waals surface area contributed by atoms with Gasteiger partial charge in [-0.25, -0.2) is 0 Å². The molecule has 5 heteroatoms. The van der Waals surface area contributed by atoms with Gasteiger partial charge < -0.3 is 19.9 Å². The molecule has 2 N–H and O–H groups in total. The monoisotopic (exact) mass is 285 g/mol. The second kappa shape index (κ2) is 6.46. The van der Waals surface area contributed by atoms with Crippen LogP contribution >= 0.6 is 11.6 Å². The van der Waals surface area contributed by atoms with E-state index in [0.717, 1.165) is 24.3 Å². The fraction of sp³-hybridized carbons (Fsp3) is 0.571. The summed E-state index contributed by atoms with van der Waals surface area (Å²) in [6, 6.07) is 4.07. The molecule has 2 unspecified atom stereocenters. The van der Waals surface area contributed by atoms with Gasteiger partial charge >= 0.3 is 0 Å². The zero-order chi connectivity index (χ0) is 13.8. The fourth-order valence-corrected chi connectivity index (χ4v) is 2.85. The van der Waals surface area contributed by atoms with E-state index in [2.05, 4.69) is 5.32 Å². The zero-order valence-electron chi connectivity index (χ0n) is 11.3. The molecule has 1 aliphatic heterocycles. The van der Waals surface area contributed by atoms with Gasteiger partial charge in [0, 0.05) is 24.4 Å². The molecule has 4 nitrogen and oxygen atoms in total. The van der Waals surface area contributed by atoms with Crippen molar-refractivity contribution in [3.05, 3.63) is 23.3 Å². The molecule has 0 amide bonds. The van der Waals surface area contributed by atoms with Gasteiger partial charge in [0.25, 0.3) is 0 Å². The molecule has 0 saturated heterocycles. The van der Waals surface area contributed by atoms with Gasteiger partial charge in [0.15, 0.2) is 11.5 Å². The maximum Gasteiger partial charge on any atom is 0.161 e. The van der Waals surface area contributed by atoms with Crippen LogP contribution in [0.15, 0.2) is 12.1 Å². The number of aliphatic hydroxyl groups excluding tert-OH is 1. The summed E-state index contributed by atoms with van der Waals surface area (Å²) in [5, 5.41) is 12.9. The molecule has 0 aliphatic carbocycles. The highest BCUT2D eigenvalue weighted by Crippen LogP contribution is 2.37. The third kappa shape index (κ3) is 2.81. The van der Waals surface area contributed by atoms with Crippen LogP contribution in [-0.4, -0.2) is 38.4 Å². The number of alkyl halides is 1. The fourth-order valence-electron chi connectivity index (χ4n) is 2.58. The highest BCUT2D eigenvalue weighted by Gasteiger charge is 2.28. The maximum absolute atomic E-state index is 9.45. The number of benzene rings is 1. The second-order valence-electron chi connectivity index (χ2n) is 4.68. The summed E-state index contributed by atoms with van der Waals surface area (Å²) in [5.41, 5.74) is 2.37. The van der Waals surface area contributed by atoms with E-state index in [1.165, 1.54) is 5.56 Å². The third-order valence-corrected chi connectivity index (χ3v) is 4.04. The Bertz CT molecular complexity index is 435. The Morgan fingerprint density at radius 3 is 2.63 bits per heavy atom. The van der Waals surface area contributed by atoms with Gasteiger partial charge in [-0.2, -0.15) is 0 Å². The van der Waals surface area contributed by atoms with E-state index in [1.807, 2.05) is 12.1 Å².